The average Bonchev–Trinajstić information content (AvgIpc) is 2.71. The molecule has 1 aromatic heterocycles. The molecule has 5 heteroatoms. The van der Waals surface area contributed by atoms with Crippen molar-refractivity contribution in [3.8, 4) is 5.75 Å². The molecule has 5 nitrogen and oxygen atoms in total. The Morgan fingerprint density at radius 3 is 3.07 bits per heavy atom. The molecule has 1 aromatic rings. The van der Waals surface area contributed by atoms with Crippen LogP contribution in [-0.2, 0) is 4.79 Å². The van der Waals surface area contributed by atoms with Crippen LogP contribution < -0.4 is 10.1 Å². The summed E-state index contributed by atoms with van der Waals surface area (Å²) >= 11 is 0. The quantitative estimate of drug-likeness (QED) is 0.704. The fourth-order valence-corrected chi connectivity index (χ4v) is 1.69. The zero-order valence-electron chi connectivity index (χ0n) is 8.69. The summed E-state index contributed by atoms with van der Waals surface area (Å²) in [6.45, 7) is 2.83. The van der Waals surface area contributed by atoms with Gasteiger partial charge in [-0.15, -0.1) is 0 Å². The van der Waals surface area contributed by atoms with Gasteiger partial charge in [-0.25, -0.2) is 0 Å². The number of nitrogens with one attached hydrogen (secondary N) is 2. The Kier molecular flexibility index (Phi) is 3.01. The number of piperidine rings is 1. The molecular weight excluding hydrogens is 194 g/mol. The maximum Gasteiger partial charge on any atom is 0.315 e. The van der Waals surface area contributed by atoms with E-state index in [0.29, 0.717) is 18.3 Å². The van der Waals surface area contributed by atoms with Crippen molar-refractivity contribution >= 4 is 5.97 Å². The Morgan fingerprint density at radius 1 is 1.60 bits per heavy atom. The number of aromatic nitrogens is 2. The first-order valence-electron chi connectivity index (χ1n) is 5.19. The van der Waals surface area contributed by atoms with E-state index in [9.17, 15) is 4.79 Å². The van der Waals surface area contributed by atoms with E-state index < -0.39 is 0 Å². The van der Waals surface area contributed by atoms with Crippen LogP contribution in [0.3, 0.4) is 0 Å². The zero-order valence-corrected chi connectivity index (χ0v) is 8.69. The third-order valence-corrected chi connectivity index (χ3v) is 2.69. The molecule has 1 aliphatic rings. The lowest BCUT2D eigenvalue weighted by atomic mass is 9.96. The van der Waals surface area contributed by atoms with Gasteiger partial charge in [-0.3, -0.25) is 9.89 Å². The maximum atomic E-state index is 11.7. The Morgan fingerprint density at radius 2 is 2.47 bits per heavy atom. The number of ether oxygens (including phenoxy) is 1. The van der Waals surface area contributed by atoms with E-state index in [1.54, 1.807) is 6.20 Å². The van der Waals surface area contributed by atoms with Crippen LogP contribution in [0.2, 0.25) is 0 Å². The fourth-order valence-electron chi connectivity index (χ4n) is 1.69. The van der Waals surface area contributed by atoms with Gasteiger partial charge in [-0.1, -0.05) is 0 Å². The van der Waals surface area contributed by atoms with Crippen molar-refractivity contribution in [3.05, 3.63) is 12.4 Å². The molecule has 0 saturated carbocycles. The fraction of sp³-hybridized carbons (Fsp3) is 0.600. The summed E-state index contributed by atoms with van der Waals surface area (Å²) in [5.74, 6) is 0.283. The molecule has 1 aliphatic heterocycles. The first-order valence-corrected chi connectivity index (χ1v) is 5.19. The highest BCUT2D eigenvalue weighted by atomic mass is 16.5. The van der Waals surface area contributed by atoms with E-state index in [1.165, 1.54) is 6.20 Å². The van der Waals surface area contributed by atoms with Crippen molar-refractivity contribution in [1.82, 2.24) is 15.5 Å². The minimum absolute atomic E-state index is 0.0314. The SMILES string of the molecule is CC1CCC(C(=O)Oc2cn[nH]c2)CN1. The van der Waals surface area contributed by atoms with Crippen LogP contribution in [0.1, 0.15) is 19.8 Å². The Bertz CT molecular complexity index is 315. The summed E-state index contributed by atoms with van der Waals surface area (Å²) in [6, 6.07) is 0.503. The lowest BCUT2D eigenvalue weighted by Crippen LogP contribution is -2.41. The maximum absolute atomic E-state index is 11.7. The molecule has 1 saturated heterocycles. The average molecular weight is 209 g/mol. The number of H-pyrrole nitrogens is 1. The summed E-state index contributed by atoms with van der Waals surface area (Å²) in [4.78, 5) is 11.7. The predicted octanol–water partition coefficient (Wildman–Crippen LogP) is 0.703. The standard InChI is InChI=1S/C10H15N3O2/c1-7-2-3-8(4-11-7)10(14)15-9-5-12-13-6-9/h5-8,11H,2-4H2,1H3,(H,12,13). The van der Waals surface area contributed by atoms with Gasteiger partial charge in [0.2, 0.25) is 0 Å². The number of aromatic amines is 1. The summed E-state index contributed by atoms with van der Waals surface area (Å²) in [5, 5.41) is 9.59. The van der Waals surface area contributed by atoms with Gasteiger partial charge in [-0.05, 0) is 19.8 Å². The van der Waals surface area contributed by atoms with Gasteiger partial charge in [0.25, 0.3) is 0 Å². The summed E-state index contributed by atoms with van der Waals surface area (Å²) in [6.07, 6.45) is 4.98. The lowest BCUT2D eigenvalue weighted by molar-refractivity contribution is -0.139. The number of hydrogen-bond acceptors (Lipinski definition) is 4. The van der Waals surface area contributed by atoms with Crippen LogP contribution >= 0.6 is 0 Å². The van der Waals surface area contributed by atoms with Gasteiger partial charge in [0.05, 0.1) is 18.3 Å². The van der Waals surface area contributed by atoms with Crippen molar-refractivity contribution in [2.75, 3.05) is 6.54 Å². The molecule has 2 N–H and O–H groups in total. The molecule has 0 spiro atoms. The van der Waals surface area contributed by atoms with Crippen LogP contribution in [0, 0.1) is 5.92 Å². The van der Waals surface area contributed by atoms with Gasteiger partial charge in [0.15, 0.2) is 5.75 Å². The highest BCUT2D eigenvalue weighted by molar-refractivity contribution is 5.75. The van der Waals surface area contributed by atoms with Crippen LogP contribution in [0.5, 0.6) is 5.75 Å². The molecule has 0 aromatic carbocycles. The number of hydrogen-bond donors (Lipinski definition) is 2. The number of esters is 1. The van der Waals surface area contributed by atoms with Gasteiger partial charge in [0.1, 0.15) is 0 Å². The highest BCUT2D eigenvalue weighted by Crippen LogP contribution is 2.17. The molecule has 1 fully saturated rings. The Balaban J connectivity index is 1.86. The largest absolute Gasteiger partial charge is 0.423 e. The van der Waals surface area contributed by atoms with Crippen LogP contribution in [0.25, 0.3) is 0 Å². The molecule has 2 rings (SSSR count). The van der Waals surface area contributed by atoms with Gasteiger partial charge < -0.3 is 10.1 Å². The summed E-state index contributed by atoms with van der Waals surface area (Å²) in [5.41, 5.74) is 0. The molecule has 0 radical (unpaired) electrons. The minimum atomic E-state index is -0.171. The topological polar surface area (TPSA) is 67.0 Å². The molecule has 0 aliphatic carbocycles. The molecule has 0 bridgehead atoms. The monoisotopic (exact) mass is 209 g/mol. The number of carbonyl (C=O) groups excluding carboxylic acids is 1. The Labute approximate surface area is 88.2 Å². The van der Waals surface area contributed by atoms with E-state index in [1.807, 2.05) is 0 Å². The first-order chi connectivity index (χ1) is 7.25. The van der Waals surface area contributed by atoms with E-state index in [-0.39, 0.29) is 11.9 Å². The second-order valence-electron chi connectivity index (χ2n) is 3.94. The molecule has 0 amide bonds. The highest BCUT2D eigenvalue weighted by Gasteiger charge is 2.25. The lowest BCUT2D eigenvalue weighted by Gasteiger charge is -2.25. The molecule has 2 unspecified atom stereocenters. The predicted molar refractivity (Wildman–Crippen MR) is 54.4 cm³/mol. The van der Waals surface area contributed by atoms with Crippen molar-refractivity contribution in [2.24, 2.45) is 5.92 Å². The van der Waals surface area contributed by atoms with Crippen molar-refractivity contribution < 1.29 is 9.53 Å². The second kappa shape index (κ2) is 4.44. The molecular formula is C10H15N3O2. The molecule has 15 heavy (non-hydrogen) atoms. The van der Waals surface area contributed by atoms with Crippen LogP contribution in [-0.4, -0.2) is 28.8 Å². The summed E-state index contributed by atoms with van der Waals surface area (Å²) < 4.78 is 5.16. The number of rotatable bonds is 2. The third-order valence-electron chi connectivity index (χ3n) is 2.69. The van der Waals surface area contributed by atoms with Gasteiger partial charge in [0, 0.05) is 12.6 Å². The zero-order chi connectivity index (χ0) is 10.7. The van der Waals surface area contributed by atoms with E-state index in [0.717, 1.165) is 12.8 Å². The minimum Gasteiger partial charge on any atom is -0.423 e. The van der Waals surface area contributed by atoms with Crippen LogP contribution in [0.15, 0.2) is 12.4 Å². The van der Waals surface area contributed by atoms with Gasteiger partial charge in [-0.2, -0.15) is 5.10 Å². The third kappa shape index (κ3) is 2.56. The molecule has 2 atom stereocenters. The molecule has 82 valence electrons. The normalized spacial score (nSPS) is 26.2. The van der Waals surface area contributed by atoms with E-state index in [4.69, 9.17) is 4.74 Å². The van der Waals surface area contributed by atoms with Crippen molar-refractivity contribution in [3.63, 3.8) is 0 Å². The van der Waals surface area contributed by atoms with Crippen molar-refractivity contribution in [2.45, 2.75) is 25.8 Å². The van der Waals surface area contributed by atoms with Gasteiger partial charge >= 0.3 is 5.97 Å². The van der Waals surface area contributed by atoms with E-state index >= 15 is 0 Å². The van der Waals surface area contributed by atoms with E-state index in [2.05, 4.69) is 22.4 Å². The number of nitrogens with zero attached hydrogens (tertiary/aromatic N) is 1. The van der Waals surface area contributed by atoms with Crippen LogP contribution in [0.4, 0.5) is 0 Å². The number of carbonyl (C=O) groups is 1. The Hall–Kier alpha value is -1.36. The summed E-state index contributed by atoms with van der Waals surface area (Å²) in [7, 11) is 0. The smallest absolute Gasteiger partial charge is 0.315 e. The van der Waals surface area contributed by atoms with Crippen molar-refractivity contribution in [1.29, 1.82) is 0 Å². The second-order valence-corrected chi connectivity index (χ2v) is 3.94. The molecule has 2 heterocycles. The first kappa shape index (κ1) is 10.2.